The maximum absolute atomic E-state index is 12.3. The van der Waals surface area contributed by atoms with Crippen LogP contribution in [0.25, 0.3) is 0 Å². The first kappa shape index (κ1) is 18.3. The predicted molar refractivity (Wildman–Crippen MR) is 95.6 cm³/mol. The SMILES string of the molecule is CC(NC(=O)CC(C)C1CCCNC1)c1ccc(NC(N)=O)cc1. The Labute approximate surface area is 143 Å². The van der Waals surface area contributed by atoms with E-state index in [2.05, 4.69) is 22.9 Å². The van der Waals surface area contributed by atoms with Crippen LogP contribution in [-0.4, -0.2) is 25.0 Å². The number of benzene rings is 1. The van der Waals surface area contributed by atoms with Crippen molar-refractivity contribution in [2.75, 3.05) is 18.4 Å². The van der Waals surface area contributed by atoms with Crippen LogP contribution >= 0.6 is 0 Å². The van der Waals surface area contributed by atoms with E-state index in [9.17, 15) is 9.59 Å². The number of urea groups is 1. The number of anilines is 1. The third-order valence-corrected chi connectivity index (χ3v) is 4.70. The van der Waals surface area contributed by atoms with E-state index in [0.29, 0.717) is 23.9 Å². The smallest absolute Gasteiger partial charge is 0.316 e. The molecule has 1 aliphatic rings. The summed E-state index contributed by atoms with van der Waals surface area (Å²) in [5.74, 6) is 1.05. The molecule has 6 heteroatoms. The summed E-state index contributed by atoms with van der Waals surface area (Å²) in [7, 11) is 0. The highest BCUT2D eigenvalue weighted by molar-refractivity contribution is 5.87. The molecule has 0 spiro atoms. The second kappa shape index (κ2) is 8.68. The van der Waals surface area contributed by atoms with Crippen molar-refractivity contribution >= 4 is 17.6 Å². The molecule has 1 aromatic rings. The average molecular weight is 332 g/mol. The molecule has 3 amide bonds. The maximum Gasteiger partial charge on any atom is 0.316 e. The van der Waals surface area contributed by atoms with E-state index < -0.39 is 6.03 Å². The summed E-state index contributed by atoms with van der Waals surface area (Å²) in [6.07, 6.45) is 2.95. The van der Waals surface area contributed by atoms with Gasteiger partial charge in [-0.3, -0.25) is 4.79 Å². The van der Waals surface area contributed by atoms with Crippen LogP contribution in [0.3, 0.4) is 0 Å². The molecule has 0 saturated carbocycles. The van der Waals surface area contributed by atoms with Gasteiger partial charge in [0.1, 0.15) is 0 Å². The Morgan fingerprint density at radius 2 is 2.00 bits per heavy atom. The lowest BCUT2D eigenvalue weighted by molar-refractivity contribution is -0.123. The molecule has 3 atom stereocenters. The van der Waals surface area contributed by atoms with Crippen molar-refractivity contribution < 1.29 is 9.59 Å². The van der Waals surface area contributed by atoms with E-state index in [-0.39, 0.29) is 11.9 Å². The molecule has 1 aliphatic heterocycles. The lowest BCUT2D eigenvalue weighted by Gasteiger charge is -2.28. The fraction of sp³-hybridized carbons (Fsp3) is 0.556. The molecule has 6 nitrogen and oxygen atoms in total. The second-order valence-corrected chi connectivity index (χ2v) is 6.69. The van der Waals surface area contributed by atoms with Crippen molar-refractivity contribution in [2.24, 2.45) is 17.6 Å². The van der Waals surface area contributed by atoms with Crippen LogP contribution in [0, 0.1) is 11.8 Å². The summed E-state index contributed by atoms with van der Waals surface area (Å²) in [6, 6.07) is 6.65. The van der Waals surface area contributed by atoms with Gasteiger partial charge in [0, 0.05) is 12.1 Å². The van der Waals surface area contributed by atoms with Crippen LogP contribution in [-0.2, 0) is 4.79 Å². The van der Waals surface area contributed by atoms with Crippen LogP contribution in [0.1, 0.15) is 44.7 Å². The van der Waals surface area contributed by atoms with E-state index in [1.165, 1.54) is 12.8 Å². The van der Waals surface area contributed by atoms with Crippen LogP contribution in [0.4, 0.5) is 10.5 Å². The number of primary amides is 1. The first-order valence-corrected chi connectivity index (χ1v) is 8.62. The Morgan fingerprint density at radius 1 is 1.29 bits per heavy atom. The highest BCUT2D eigenvalue weighted by atomic mass is 16.2. The second-order valence-electron chi connectivity index (χ2n) is 6.69. The van der Waals surface area contributed by atoms with E-state index in [1.807, 2.05) is 19.1 Å². The van der Waals surface area contributed by atoms with Gasteiger partial charge in [-0.25, -0.2) is 4.79 Å². The molecule has 1 fully saturated rings. The molecule has 5 N–H and O–H groups in total. The Hall–Kier alpha value is -2.08. The zero-order valence-electron chi connectivity index (χ0n) is 14.5. The number of piperidine rings is 1. The van der Waals surface area contributed by atoms with Gasteiger partial charge in [-0.1, -0.05) is 19.1 Å². The molecule has 2 rings (SSSR count). The molecule has 3 unspecified atom stereocenters. The summed E-state index contributed by atoms with van der Waals surface area (Å²) >= 11 is 0. The van der Waals surface area contributed by atoms with Crippen LogP contribution < -0.4 is 21.7 Å². The number of rotatable bonds is 6. The molecular formula is C18H28N4O2. The minimum atomic E-state index is -0.588. The Bertz CT molecular complexity index is 553. The number of nitrogens with two attached hydrogens (primary N) is 1. The first-order chi connectivity index (χ1) is 11.5. The number of amides is 3. The topological polar surface area (TPSA) is 96.2 Å². The summed E-state index contributed by atoms with van der Waals surface area (Å²) in [4.78, 5) is 23.1. The quantitative estimate of drug-likeness (QED) is 0.644. The van der Waals surface area contributed by atoms with Crippen molar-refractivity contribution in [1.29, 1.82) is 0 Å². The molecule has 0 aliphatic carbocycles. The summed E-state index contributed by atoms with van der Waals surface area (Å²) in [5, 5.41) is 8.98. The van der Waals surface area contributed by atoms with E-state index in [1.54, 1.807) is 12.1 Å². The molecular weight excluding hydrogens is 304 g/mol. The molecule has 1 saturated heterocycles. The number of hydrogen-bond acceptors (Lipinski definition) is 3. The van der Waals surface area contributed by atoms with Gasteiger partial charge >= 0.3 is 6.03 Å². The van der Waals surface area contributed by atoms with Crippen LogP contribution in [0.5, 0.6) is 0 Å². The largest absolute Gasteiger partial charge is 0.351 e. The zero-order chi connectivity index (χ0) is 17.5. The van der Waals surface area contributed by atoms with Crippen molar-refractivity contribution in [3.8, 4) is 0 Å². The van der Waals surface area contributed by atoms with Gasteiger partial charge in [-0.05, 0) is 62.4 Å². The standard InChI is InChI=1S/C18H28N4O2/c1-12(15-4-3-9-20-11-15)10-17(23)21-13(2)14-5-7-16(8-6-14)22-18(19)24/h5-8,12-13,15,20H,3-4,9-11H2,1-2H3,(H,21,23)(H3,19,22,24). The predicted octanol–water partition coefficient (Wildman–Crippen LogP) is 2.38. The van der Waals surface area contributed by atoms with Gasteiger partial charge < -0.3 is 21.7 Å². The Morgan fingerprint density at radius 3 is 2.58 bits per heavy atom. The maximum atomic E-state index is 12.3. The van der Waals surface area contributed by atoms with Gasteiger partial charge in [-0.15, -0.1) is 0 Å². The lowest BCUT2D eigenvalue weighted by atomic mass is 9.85. The van der Waals surface area contributed by atoms with Gasteiger partial charge in [0.15, 0.2) is 0 Å². The third kappa shape index (κ3) is 5.53. The number of nitrogens with one attached hydrogen (secondary N) is 3. The molecule has 1 heterocycles. The van der Waals surface area contributed by atoms with Gasteiger partial charge in [0.25, 0.3) is 0 Å². The van der Waals surface area contributed by atoms with E-state index in [0.717, 1.165) is 18.7 Å². The molecule has 24 heavy (non-hydrogen) atoms. The van der Waals surface area contributed by atoms with Crippen molar-refractivity contribution in [3.05, 3.63) is 29.8 Å². The van der Waals surface area contributed by atoms with Crippen molar-refractivity contribution in [1.82, 2.24) is 10.6 Å². The van der Waals surface area contributed by atoms with Gasteiger partial charge in [0.2, 0.25) is 5.91 Å². The molecule has 0 aromatic heterocycles. The minimum absolute atomic E-state index is 0.0724. The molecule has 0 radical (unpaired) electrons. The normalized spacial score (nSPS) is 20.0. The minimum Gasteiger partial charge on any atom is -0.351 e. The summed E-state index contributed by atoms with van der Waals surface area (Å²) in [5.41, 5.74) is 6.72. The van der Waals surface area contributed by atoms with Crippen LogP contribution in [0.2, 0.25) is 0 Å². The molecule has 132 valence electrons. The number of hydrogen-bond donors (Lipinski definition) is 4. The van der Waals surface area contributed by atoms with E-state index in [4.69, 9.17) is 5.73 Å². The first-order valence-electron chi connectivity index (χ1n) is 8.62. The monoisotopic (exact) mass is 332 g/mol. The lowest BCUT2D eigenvalue weighted by Crippen LogP contribution is -2.36. The zero-order valence-corrected chi connectivity index (χ0v) is 14.5. The van der Waals surface area contributed by atoms with Crippen molar-refractivity contribution in [3.63, 3.8) is 0 Å². The van der Waals surface area contributed by atoms with Crippen LogP contribution in [0.15, 0.2) is 24.3 Å². The Kier molecular flexibility index (Phi) is 6.61. The van der Waals surface area contributed by atoms with Crippen molar-refractivity contribution in [2.45, 2.75) is 39.2 Å². The van der Waals surface area contributed by atoms with Gasteiger partial charge in [-0.2, -0.15) is 0 Å². The number of carbonyl (C=O) groups is 2. The number of carbonyl (C=O) groups excluding carboxylic acids is 2. The molecule has 1 aromatic carbocycles. The fourth-order valence-corrected chi connectivity index (χ4v) is 3.20. The highest BCUT2D eigenvalue weighted by Gasteiger charge is 2.22. The highest BCUT2D eigenvalue weighted by Crippen LogP contribution is 2.23. The Balaban J connectivity index is 1.83. The summed E-state index contributed by atoms with van der Waals surface area (Å²) in [6.45, 7) is 6.22. The molecule has 0 bridgehead atoms. The fourth-order valence-electron chi connectivity index (χ4n) is 3.20. The van der Waals surface area contributed by atoms with E-state index >= 15 is 0 Å². The average Bonchev–Trinajstić information content (AvgIpc) is 2.55. The summed E-state index contributed by atoms with van der Waals surface area (Å²) < 4.78 is 0. The third-order valence-electron chi connectivity index (χ3n) is 4.70. The van der Waals surface area contributed by atoms with Gasteiger partial charge in [0.05, 0.1) is 6.04 Å².